The average molecular weight is 524 g/mol. The fourth-order valence-electron chi connectivity index (χ4n) is 2.99. The van der Waals surface area contributed by atoms with Crippen molar-refractivity contribution >= 4 is 55.0 Å². The fraction of sp³-hybridized carbons (Fsp3) is 0.818. The average Bonchev–Trinajstić information content (AvgIpc) is 2.47. The Morgan fingerprint density at radius 2 is 0.964 bits per heavy atom. The maximum absolute atomic E-state index is 13.3. The van der Waals surface area contributed by atoms with Gasteiger partial charge in [-0.3, -0.25) is 19.2 Å². The van der Waals surface area contributed by atoms with Crippen LogP contribution in [-0.2, 0) is 19.2 Å². The molecule has 0 spiro atoms. The van der Waals surface area contributed by atoms with Crippen LogP contribution in [0.1, 0.15) is 82.6 Å². The summed E-state index contributed by atoms with van der Waals surface area (Å²) in [5.74, 6) is -1.10. The summed E-state index contributed by atoms with van der Waals surface area (Å²) < 4.78 is -1.51. The van der Waals surface area contributed by atoms with Gasteiger partial charge in [0.2, 0.25) is 0 Å². The highest BCUT2D eigenvalue weighted by atomic mass is 79.9. The second kappa shape index (κ2) is 8.41. The van der Waals surface area contributed by atoms with Crippen LogP contribution in [0.25, 0.3) is 0 Å². The molecule has 0 aliphatic heterocycles. The molecule has 28 heavy (non-hydrogen) atoms. The standard InChI is InChI=1S/C22H36Br2O4/c1-18(2,3)14(25)13(23)15(26)21(10,11)12-22(24,16(27)19(4,5)6)17(28)20(7,8)9/h13H,12H2,1-11H3. The monoisotopic (exact) mass is 522 g/mol. The molecule has 0 saturated heterocycles. The van der Waals surface area contributed by atoms with E-state index in [1.54, 1.807) is 76.2 Å². The molecule has 0 aliphatic carbocycles. The van der Waals surface area contributed by atoms with Gasteiger partial charge in [0.25, 0.3) is 0 Å². The van der Waals surface area contributed by atoms with E-state index in [1.807, 2.05) is 0 Å². The molecule has 0 aromatic rings. The zero-order chi connectivity index (χ0) is 23.1. The van der Waals surface area contributed by atoms with Crippen LogP contribution in [0, 0.1) is 21.7 Å². The van der Waals surface area contributed by atoms with Crippen LogP contribution in [0.15, 0.2) is 0 Å². The van der Waals surface area contributed by atoms with Crippen molar-refractivity contribution in [3.05, 3.63) is 0 Å². The maximum atomic E-state index is 13.3. The van der Waals surface area contributed by atoms with Crippen LogP contribution in [-0.4, -0.2) is 32.3 Å². The zero-order valence-electron chi connectivity index (χ0n) is 19.2. The number of rotatable bonds is 7. The van der Waals surface area contributed by atoms with Gasteiger partial charge in [0, 0.05) is 21.7 Å². The molecule has 0 radical (unpaired) electrons. The predicted molar refractivity (Wildman–Crippen MR) is 121 cm³/mol. The molecule has 0 fully saturated rings. The van der Waals surface area contributed by atoms with Crippen LogP contribution in [0.5, 0.6) is 0 Å². The quantitative estimate of drug-likeness (QED) is 0.316. The van der Waals surface area contributed by atoms with E-state index in [2.05, 4.69) is 31.9 Å². The van der Waals surface area contributed by atoms with Gasteiger partial charge in [-0.1, -0.05) is 108 Å². The summed E-state index contributed by atoms with van der Waals surface area (Å²) in [4.78, 5) is 51.3. The van der Waals surface area contributed by atoms with Crippen molar-refractivity contribution in [1.29, 1.82) is 0 Å². The Morgan fingerprint density at radius 3 is 1.21 bits per heavy atom. The minimum atomic E-state index is -1.51. The van der Waals surface area contributed by atoms with E-state index in [1.165, 1.54) is 0 Å². The van der Waals surface area contributed by atoms with Crippen LogP contribution < -0.4 is 0 Å². The van der Waals surface area contributed by atoms with Crippen molar-refractivity contribution < 1.29 is 19.2 Å². The summed E-state index contributed by atoms with van der Waals surface area (Å²) in [6, 6.07) is 0. The van der Waals surface area contributed by atoms with Crippen LogP contribution in [0.2, 0.25) is 0 Å². The van der Waals surface area contributed by atoms with Crippen molar-refractivity contribution in [1.82, 2.24) is 0 Å². The lowest BCUT2D eigenvalue weighted by Crippen LogP contribution is -2.55. The smallest absolute Gasteiger partial charge is 0.162 e. The molecule has 162 valence electrons. The summed E-state index contributed by atoms with van der Waals surface area (Å²) in [7, 11) is 0. The molecule has 6 heteroatoms. The first kappa shape index (κ1) is 27.6. The molecule has 4 nitrogen and oxygen atoms in total. The highest BCUT2D eigenvalue weighted by molar-refractivity contribution is 9.10. The fourth-order valence-corrected chi connectivity index (χ4v) is 6.19. The summed E-state index contributed by atoms with van der Waals surface area (Å²) in [6.07, 6.45) is -0.0233. The zero-order valence-corrected chi connectivity index (χ0v) is 22.3. The normalized spacial score (nSPS) is 15.2. The third kappa shape index (κ3) is 6.32. The highest BCUT2D eigenvalue weighted by Crippen LogP contribution is 2.45. The SMILES string of the molecule is CC(C)(C)C(=O)C(Br)C(=O)C(C)(C)CC(Br)(C(=O)C(C)(C)C)C(=O)C(C)(C)C. The Bertz CT molecular complexity index is 629. The molecular weight excluding hydrogens is 488 g/mol. The third-order valence-corrected chi connectivity index (χ3v) is 6.47. The minimum Gasteiger partial charge on any atom is -0.297 e. The Labute approximate surface area is 187 Å². The van der Waals surface area contributed by atoms with E-state index >= 15 is 0 Å². The van der Waals surface area contributed by atoms with Crippen molar-refractivity contribution in [3.63, 3.8) is 0 Å². The molecule has 0 amide bonds. The first-order valence-corrected chi connectivity index (χ1v) is 11.2. The third-order valence-electron chi connectivity index (χ3n) is 4.63. The number of hydrogen-bond acceptors (Lipinski definition) is 4. The van der Waals surface area contributed by atoms with E-state index in [0.29, 0.717) is 0 Å². The van der Waals surface area contributed by atoms with Gasteiger partial charge in [0.05, 0.1) is 0 Å². The largest absolute Gasteiger partial charge is 0.297 e. The minimum absolute atomic E-state index is 0.0233. The summed E-state index contributed by atoms with van der Waals surface area (Å²) in [5, 5.41) is 0. The van der Waals surface area contributed by atoms with Gasteiger partial charge in [-0.25, -0.2) is 0 Å². The maximum Gasteiger partial charge on any atom is 0.162 e. The molecule has 1 unspecified atom stereocenters. The van der Waals surface area contributed by atoms with E-state index in [-0.39, 0.29) is 29.6 Å². The molecule has 0 aliphatic rings. The summed E-state index contributed by atoms with van der Waals surface area (Å²) in [5.41, 5.74) is -3.33. The summed E-state index contributed by atoms with van der Waals surface area (Å²) in [6.45, 7) is 19.2. The van der Waals surface area contributed by atoms with Gasteiger partial charge in [0.1, 0.15) is 9.15 Å². The van der Waals surface area contributed by atoms with Crippen LogP contribution in [0.4, 0.5) is 0 Å². The van der Waals surface area contributed by atoms with Crippen LogP contribution in [0.3, 0.4) is 0 Å². The molecule has 0 aromatic heterocycles. The van der Waals surface area contributed by atoms with Crippen molar-refractivity contribution in [2.24, 2.45) is 21.7 Å². The number of alkyl halides is 2. The number of carbonyl (C=O) groups excluding carboxylic acids is 4. The number of Topliss-reactive ketones (excluding diaryl/α,β-unsaturated/α-hetero) is 4. The Balaban J connectivity index is 6.19. The molecule has 0 bridgehead atoms. The lowest BCUT2D eigenvalue weighted by atomic mass is 9.67. The predicted octanol–water partition coefficient (Wildman–Crippen LogP) is 5.71. The van der Waals surface area contributed by atoms with E-state index in [4.69, 9.17) is 0 Å². The Hall–Kier alpha value is -0.360. The van der Waals surface area contributed by atoms with Gasteiger partial charge in [0.15, 0.2) is 23.1 Å². The Kier molecular flexibility index (Phi) is 8.30. The first-order valence-electron chi connectivity index (χ1n) is 9.51. The first-order chi connectivity index (χ1) is 12.0. The molecule has 0 saturated carbocycles. The number of carbonyl (C=O) groups is 4. The van der Waals surface area contributed by atoms with Gasteiger partial charge in [-0.05, 0) is 6.42 Å². The van der Waals surface area contributed by atoms with Crippen LogP contribution >= 0.6 is 31.9 Å². The molecule has 0 rings (SSSR count). The topological polar surface area (TPSA) is 68.3 Å². The molecule has 0 aromatic carbocycles. The molecule has 1 atom stereocenters. The number of ketones is 4. The van der Waals surface area contributed by atoms with E-state index in [0.717, 1.165) is 0 Å². The second-order valence-electron chi connectivity index (χ2n) is 11.4. The van der Waals surface area contributed by atoms with Crippen molar-refractivity contribution in [2.45, 2.75) is 91.7 Å². The van der Waals surface area contributed by atoms with Crippen molar-refractivity contribution in [2.75, 3.05) is 0 Å². The molecular formula is C22H36Br2O4. The molecule has 0 N–H and O–H groups in total. The van der Waals surface area contributed by atoms with E-state index in [9.17, 15) is 19.2 Å². The number of hydrogen-bond donors (Lipinski definition) is 0. The van der Waals surface area contributed by atoms with Crippen molar-refractivity contribution in [3.8, 4) is 0 Å². The van der Waals surface area contributed by atoms with Gasteiger partial charge >= 0.3 is 0 Å². The van der Waals surface area contributed by atoms with E-state index < -0.39 is 30.8 Å². The van der Waals surface area contributed by atoms with Gasteiger partial charge in [-0.2, -0.15) is 0 Å². The lowest BCUT2D eigenvalue weighted by Gasteiger charge is -2.40. The van der Waals surface area contributed by atoms with Gasteiger partial charge in [-0.15, -0.1) is 0 Å². The Morgan fingerprint density at radius 1 is 0.643 bits per heavy atom. The van der Waals surface area contributed by atoms with Gasteiger partial charge < -0.3 is 0 Å². The highest BCUT2D eigenvalue weighted by Gasteiger charge is 2.55. The summed E-state index contributed by atoms with van der Waals surface area (Å²) >= 11 is 6.72. The molecule has 0 heterocycles. The lowest BCUT2D eigenvalue weighted by molar-refractivity contribution is -0.141. The second-order valence-corrected chi connectivity index (χ2v) is 13.6. The number of halogens is 2.